The molecule has 0 aromatic heterocycles. The van der Waals surface area contributed by atoms with Gasteiger partial charge in [-0.15, -0.1) is 0 Å². The predicted octanol–water partition coefficient (Wildman–Crippen LogP) is 2.03. The third-order valence-electron chi connectivity index (χ3n) is 4.17. The molecule has 0 atom stereocenters. The van der Waals surface area contributed by atoms with Crippen LogP contribution in [0, 0.1) is 0 Å². The van der Waals surface area contributed by atoms with Crippen LogP contribution in [-0.4, -0.2) is 35.9 Å². The van der Waals surface area contributed by atoms with Gasteiger partial charge in [-0.3, -0.25) is 9.59 Å². The van der Waals surface area contributed by atoms with E-state index in [9.17, 15) is 9.59 Å². The van der Waals surface area contributed by atoms with Crippen molar-refractivity contribution in [3.63, 3.8) is 0 Å². The largest absolute Gasteiger partial charge is 0.373 e. The smallest absolute Gasteiger partial charge is 0.295 e. The average Bonchev–Trinajstić information content (AvgIpc) is 3.09. The molecule has 0 radical (unpaired) electrons. The topological polar surface area (TPSA) is 65.1 Å². The van der Waals surface area contributed by atoms with Crippen molar-refractivity contribution in [2.45, 2.75) is 25.0 Å². The second-order valence-corrected chi connectivity index (χ2v) is 5.52. The highest BCUT2D eigenvalue weighted by Gasteiger charge is 2.41. The number of rotatable bonds is 2. The Kier molecular flexibility index (Phi) is 3.02. The second-order valence-electron chi connectivity index (χ2n) is 5.52. The van der Waals surface area contributed by atoms with E-state index >= 15 is 0 Å². The lowest BCUT2D eigenvalue weighted by Crippen LogP contribution is -2.34. The molecule has 2 amide bonds. The molecule has 4 rings (SSSR count). The standard InChI is InChI=1S/C16H15NO5/c18-14-12-3-1-2-4-13(12)15(19)17(14)22-11-5-7-16(8-6-11)20-9-10-21-16/h1-5H,6-10H2. The predicted molar refractivity (Wildman–Crippen MR) is 74.6 cm³/mol. The number of amides is 2. The van der Waals surface area contributed by atoms with Crippen LogP contribution >= 0.6 is 0 Å². The zero-order valence-electron chi connectivity index (χ0n) is 11.9. The van der Waals surface area contributed by atoms with Crippen LogP contribution in [0.3, 0.4) is 0 Å². The third-order valence-corrected chi connectivity index (χ3v) is 4.17. The van der Waals surface area contributed by atoms with Gasteiger partial charge in [0.15, 0.2) is 5.79 Å². The number of imide groups is 1. The van der Waals surface area contributed by atoms with Crippen molar-refractivity contribution in [2.75, 3.05) is 13.2 Å². The van der Waals surface area contributed by atoms with Gasteiger partial charge in [0.25, 0.3) is 11.8 Å². The molecule has 2 aliphatic heterocycles. The van der Waals surface area contributed by atoms with Crippen molar-refractivity contribution in [2.24, 2.45) is 0 Å². The van der Waals surface area contributed by atoms with E-state index in [0.29, 0.717) is 49.4 Å². The Balaban J connectivity index is 1.50. The summed E-state index contributed by atoms with van der Waals surface area (Å²) in [5, 5.41) is 0.838. The van der Waals surface area contributed by atoms with Crippen LogP contribution in [0.1, 0.15) is 40.0 Å². The number of hydroxylamine groups is 2. The molecule has 1 aliphatic carbocycles. The number of nitrogens with zero attached hydrogens (tertiary/aromatic N) is 1. The monoisotopic (exact) mass is 301 g/mol. The van der Waals surface area contributed by atoms with Crippen LogP contribution in [0.5, 0.6) is 0 Å². The molecule has 0 saturated carbocycles. The molecule has 2 heterocycles. The minimum atomic E-state index is -0.547. The highest BCUT2D eigenvalue weighted by molar-refractivity contribution is 6.20. The molecular formula is C16H15NO5. The molecule has 22 heavy (non-hydrogen) atoms. The quantitative estimate of drug-likeness (QED) is 0.782. The second kappa shape index (κ2) is 4.93. The molecule has 0 N–H and O–H groups in total. The summed E-state index contributed by atoms with van der Waals surface area (Å²) in [6, 6.07) is 6.71. The van der Waals surface area contributed by atoms with E-state index in [1.54, 1.807) is 24.3 Å². The molecule has 1 saturated heterocycles. The van der Waals surface area contributed by atoms with Gasteiger partial charge >= 0.3 is 0 Å². The Morgan fingerprint density at radius 3 is 2.23 bits per heavy atom. The molecular weight excluding hydrogens is 286 g/mol. The maximum Gasteiger partial charge on any atom is 0.295 e. The fourth-order valence-corrected chi connectivity index (χ4v) is 3.00. The van der Waals surface area contributed by atoms with Crippen LogP contribution in [0.15, 0.2) is 36.1 Å². The fourth-order valence-electron chi connectivity index (χ4n) is 3.00. The average molecular weight is 301 g/mol. The van der Waals surface area contributed by atoms with Crippen LogP contribution in [-0.2, 0) is 14.3 Å². The minimum absolute atomic E-state index is 0.378. The zero-order valence-corrected chi connectivity index (χ0v) is 11.9. The molecule has 0 bridgehead atoms. The summed E-state index contributed by atoms with van der Waals surface area (Å²) in [5.41, 5.74) is 0.755. The summed E-state index contributed by atoms with van der Waals surface area (Å²) < 4.78 is 11.2. The van der Waals surface area contributed by atoms with Crippen molar-refractivity contribution < 1.29 is 23.9 Å². The van der Waals surface area contributed by atoms with Crippen molar-refractivity contribution in [1.82, 2.24) is 5.06 Å². The molecule has 6 heteroatoms. The van der Waals surface area contributed by atoms with E-state index in [-0.39, 0.29) is 0 Å². The number of hydrogen-bond donors (Lipinski definition) is 0. The summed E-state index contributed by atoms with van der Waals surface area (Å²) in [6.45, 7) is 1.20. The van der Waals surface area contributed by atoms with Crippen LogP contribution < -0.4 is 0 Å². The van der Waals surface area contributed by atoms with E-state index in [1.807, 2.05) is 6.08 Å². The molecule has 6 nitrogen and oxygen atoms in total. The van der Waals surface area contributed by atoms with E-state index in [0.717, 1.165) is 5.06 Å². The summed E-state index contributed by atoms with van der Waals surface area (Å²) >= 11 is 0. The maximum atomic E-state index is 12.2. The Labute approximate surface area is 127 Å². The normalized spacial score (nSPS) is 22.9. The minimum Gasteiger partial charge on any atom is -0.373 e. The van der Waals surface area contributed by atoms with Gasteiger partial charge in [0.2, 0.25) is 0 Å². The molecule has 1 fully saturated rings. The molecule has 114 valence electrons. The molecule has 1 aromatic carbocycles. The van der Waals surface area contributed by atoms with Crippen LogP contribution in [0.4, 0.5) is 0 Å². The maximum absolute atomic E-state index is 12.2. The van der Waals surface area contributed by atoms with Gasteiger partial charge in [-0.25, -0.2) is 0 Å². The van der Waals surface area contributed by atoms with Crippen molar-refractivity contribution in [3.05, 3.63) is 47.2 Å². The first kappa shape index (κ1) is 13.5. The van der Waals surface area contributed by atoms with Gasteiger partial charge in [0.05, 0.1) is 24.3 Å². The molecule has 1 spiro atoms. The molecule has 1 aromatic rings. The Morgan fingerprint density at radius 2 is 1.68 bits per heavy atom. The molecule has 3 aliphatic rings. The van der Waals surface area contributed by atoms with Gasteiger partial charge in [0, 0.05) is 19.3 Å². The van der Waals surface area contributed by atoms with E-state index in [2.05, 4.69) is 0 Å². The van der Waals surface area contributed by atoms with Crippen LogP contribution in [0.25, 0.3) is 0 Å². The first-order valence-corrected chi connectivity index (χ1v) is 7.31. The van der Waals surface area contributed by atoms with Crippen molar-refractivity contribution >= 4 is 11.8 Å². The number of hydrogen-bond acceptors (Lipinski definition) is 5. The van der Waals surface area contributed by atoms with Gasteiger partial charge < -0.3 is 14.3 Å². The zero-order chi connectivity index (χ0) is 15.2. The first-order valence-electron chi connectivity index (χ1n) is 7.31. The highest BCUT2D eigenvalue weighted by Crippen LogP contribution is 2.36. The van der Waals surface area contributed by atoms with E-state index < -0.39 is 17.6 Å². The first-order chi connectivity index (χ1) is 10.7. The van der Waals surface area contributed by atoms with E-state index in [1.165, 1.54) is 0 Å². The highest BCUT2D eigenvalue weighted by atomic mass is 16.7. The van der Waals surface area contributed by atoms with Gasteiger partial charge in [0.1, 0.15) is 5.76 Å². The number of fused-ring (bicyclic) bond motifs is 1. The Bertz CT molecular complexity index is 640. The van der Waals surface area contributed by atoms with Crippen LogP contribution in [0.2, 0.25) is 0 Å². The summed E-state index contributed by atoms with van der Waals surface area (Å²) in [6.07, 6.45) is 3.61. The number of allylic oxidation sites excluding steroid dienone is 1. The van der Waals surface area contributed by atoms with Gasteiger partial charge in [-0.1, -0.05) is 17.2 Å². The van der Waals surface area contributed by atoms with Gasteiger partial charge in [-0.2, -0.15) is 0 Å². The lowest BCUT2D eigenvalue weighted by molar-refractivity contribution is -0.167. The summed E-state index contributed by atoms with van der Waals surface area (Å²) in [7, 11) is 0. The van der Waals surface area contributed by atoms with Gasteiger partial charge in [-0.05, 0) is 18.2 Å². The summed E-state index contributed by atoms with van der Waals surface area (Å²) in [4.78, 5) is 30.0. The number of ether oxygens (including phenoxy) is 2. The van der Waals surface area contributed by atoms with Crippen molar-refractivity contribution in [3.8, 4) is 0 Å². The number of benzene rings is 1. The molecule has 0 unspecified atom stereocenters. The lowest BCUT2D eigenvalue weighted by atomic mass is 9.99. The number of carbonyl (C=O) groups is 2. The fraction of sp³-hybridized carbons (Fsp3) is 0.375. The van der Waals surface area contributed by atoms with E-state index in [4.69, 9.17) is 14.3 Å². The third kappa shape index (κ3) is 2.03. The van der Waals surface area contributed by atoms with Crippen molar-refractivity contribution in [1.29, 1.82) is 0 Å². The Hall–Kier alpha value is -2.18. The lowest BCUT2D eigenvalue weighted by Gasteiger charge is -2.30. The number of carbonyl (C=O) groups excluding carboxylic acids is 2. The Morgan fingerprint density at radius 1 is 1.05 bits per heavy atom. The summed E-state index contributed by atoms with van der Waals surface area (Å²) in [5.74, 6) is -0.793. The SMILES string of the molecule is O=C1c2ccccc2C(=O)N1OC1=CCC2(CC1)OCCO2.